The maximum absolute atomic E-state index is 6.14. The summed E-state index contributed by atoms with van der Waals surface area (Å²) in [7, 11) is 2.17. The van der Waals surface area contributed by atoms with E-state index in [0.29, 0.717) is 6.04 Å². The third-order valence-electron chi connectivity index (χ3n) is 3.31. The molecular weight excluding hydrogens is 312 g/mol. The van der Waals surface area contributed by atoms with Crippen LogP contribution in [-0.2, 0) is 6.54 Å². The molecule has 4 heteroatoms. The second-order valence-corrected chi connectivity index (χ2v) is 5.97. The Hall–Kier alpha value is -0.0900. The van der Waals surface area contributed by atoms with Crippen LogP contribution < -0.4 is 5.32 Å². The number of hydrogen-bond acceptors (Lipinski definition) is 2. The minimum absolute atomic E-state index is 0.640. The topological polar surface area (TPSA) is 15.3 Å². The molecule has 0 amide bonds. The van der Waals surface area contributed by atoms with Crippen molar-refractivity contribution in [3.63, 3.8) is 0 Å². The van der Waals surface area contributed by atoms with Gasteiger partial charge < -0.3 is 10.2 Å². The zero-order valence-corrected chi connectivity index (χ0v) is 13.7. The van der Waals surface area contributed by atoms with E-state index in [1.165, 1.54) is 6.42 Å². The Morgan fingerprint density at radius 1 is 1.44 bits per heavy atom. The summed E-state index contributed by atoms with van der Waals surface area (Å²) in [4.78, 5) is 2.37. The van der Waals surface area contributed by atoms with E-state index >= 15 is 0 Å². The number of benzene rings is 1. The lowest BCUT2D eigenvalue weighted by atomic mass is 10.2. The zero-order valence-electron chi connectivity index (χ0n) is 11.3. The van der Waals surface area contributed by atoms with Gasteiger partial charge in [0.1, 0.15) is 0 Å². The lowest BCUT2D eigenvalue weighted by Crippen LogP contribution is -2.34. The van der Waals surface area contributed by atoms with Crippen LogP contribution in [0.25, 0.3) is 0 Å². The molecule has 1 unspecified atom stereocenters. The Morgan fingerprint density at radius 3 is 2.83 bits per heavy atom. The van der Waals surface area contributed by atoms with E-state index in [1.807, 2.05) is 12.1 Å². The predicted octanol–water partition coefficient (Wildman–Crippen LogP) is 3.92. The van der Waals surface area contributed by atoms with Crippen LogP contribution in [0.5, 0.6) is 0 Å². The highest BCUT2D eigenvalue weighted by molar-refractivity contribution is 9.10. The number of nitrogens with one attached hydrogen (secondary N) is 1. The van der Waals surface area contributed by atoms with Gasteiger partial charge in [0, 0.05) is 35.2 Å². The third kappa shape index (κ3) is 5.27. The van der Waals surface area contributed by atoms with Gasteiger partial charge in [-0.1, -0.05) is 34.5 Å². The molecule has 0 saturated carbocycles. The lowest BCUT2D eigenvalue weighted by molar-refractivity contribution is 0.252. The fourth-order valence-corrected chi connectivity index (χ4v) is 2.28. The van der Waals surface area contributed by atoms with Crippen molar-refractivity contribution in [2.75, 3.05) is 20.1 Å². The van der Waals surface area contributed by atoms with Crippen molar-refractivity contribution >= 4 is 27.5 Å². The maximum Gasteiger partial charge on any atom is 0.0451 e. The second kappa shape index (κ2) is 8.16. The van der Waals surface area contributed by atoms with Crippen LogP contribution in [0, 0.1) is 0 Å². The van der Waals surface area contributed by atoms with Gasteiger partial charge in [-0.25, -0.2) is 0 Å². The largest absolute Gasteiger partial charge is 0.311 e. The van der Waals surface area contributed by atoms with Crippen LogP contribution in [0.15, 0.2) is 22.7 Å². The minimum atomic E-state index is 0.640. The molecular formula is C14H22BrClN2. The van der Waals surface area contributed by atoms with Gasteiger partial charge in [-0.2, -0.15) is 0 Å². The highest BCUT2D eigenvalue weighted by atomic mass is 79.9. The van der Waals surface area contributed by atoms with Crippen molar-refractivity contribution < 1.29 is 0 Å². The van der Waals surface area contributed by atoms with Crippen molar-refractivity contribution in [1.82, 2.24) is 10.2 Å². The fourth-order valence-electron chi connectivity index (χ4n) is 1.69. The molecule has 0 heterocycles. The first-order valence-corrected chi connectivity index (χ1v) is 7.56. The summed E-state index contributed by atoms with van der Waals surface area (Å²) in [6.45, 7) is 7.32. The number of likely N-dealkylation sites (N-methyl/N-ethyl adjacent to an activating group) is 1. The monoisotopic (exact) mass is 332 g/mol. The number of hydrogen-bond donors (Lipinski definition) is 1. The normalized spacial score (nSPS) is 13.0. The molecule has 1 rings (SSSR count). The van der Waals surface area contributed by atoms with Gasteiger partial charge in [0.05, 0.1) is 0 Å². The standard InChI is InChI=1S/C14H22BrClN2/c1-4-11(2)18(3)8-7-17-10-12-9-13(15)5-6-14(12)16/h5-6,9,11,17H,4,7-8,10H2,1-3H3. The van der Waals surface area contributed by atoms with Crippen molar-refractivity contribution in [1.29, 1.82) is 0 Å². The fraction of sp³-hybridized carbons (Fsp3) is 0.571. The summed E-state index contributed by atoms with van der Waals surface area (Å²) in [6, 6.07) is 6.59. The molecule has 18 heavy (non-hydrogen) atoms. The highest BCUT2D eigenvalue weighted by Crippen LogP contribution is 2.20. The third-order valence-corrected chi connectivity index (χ3v) is 4.17. The van der Waals surface area contributed by atoms with Gasteiger partial charge in [0.15, 0.2) is 0 Å². The van der Waals surface area contributed by atoms with E-state index in [0.717, 1.165) is 34.7 Å². The minimum Gasteiger partial charge on any atom is -0.311 e. The maximum atomic E-state index is 6.14. The quantitative estimate of drug-likeness (QED) is 0.761. The first-order chi connectivity index (χ1) is 8.54. The molecule has 1 N–H and O–H groups in total. The van der Waals surface area contributed by atoms with Gasteiger partial charge in [-0.05, 0) is 44.2 Å². The van der Waals surface area contributed by atoms with Crippen molar-refractivity contribution in [3.8, 4) is 0 Å². The molecule has 0 aliphatic heterocycles. The Kier molecular flexibility index (Phi) is 7.23. The number of nitrogens with zero attached hydrogens (tertiary/aromatic N) is 1. The predicted molar refractivity (Wildman–Crippen MR) is 83.2 cm³/mol. The Labute approximate surface area is 124 Å². The van der Waals surface area contributed by atoms with Crippen LogP contribution in [-0.4, -0.2) is 31.1 Å². The van der Waals surface area contributed by atoms with Gasteiger partial charge in [-0.3, -0.25) is 0 Å². The Bertz CT molecular complexity index is 371. The Morgan fingerprint density at radius 2 is 2.17 bits per heavy atom. The molecule has 0 fully saturated rings. The molecule has 1 aromatic rings. The molecule has 0 spiro atoms. The van der Waals surface area contributed by atoms with Crippen LogP contribution in [0.2, 0.25) is 5.02 Å². The smallest absolute Gasteiger partial charge is 0.0451 e. The number of halogens is 2. The summed E-state index contributed by atoms with van der Waals surface area (Å²) in [5.41, 5.74) is 1.14. The SMILES string of the molecule is CCC(C)N(C)CCNCc1cc(Br)ccc1Cl. The molecule has 1 atom stereocenters. The van der Waals surface area contributed by atoms with E-state index in [9.17, 15) is 0 Å². The summed E-state index contributed by atoms with van der Waals surface area (Å²) in [6.07, 6.45) is 1.19. The average Bonchev–Trinajstić information content (AvgIpc) is 2.37. The van der Waals surface area contributed by atoms with Gasteiger partial charge in [-0.15, -0.1) is 0 Å². The van der Waals surface area contributed by atoms with Gasteiger partial charge in [0.25, 0.3) is 0 Å². The Balaban J connectivity index is 2.31. The van der Waals surface area contributed by atoms with E-state index in [2.05, 4.69) is 53.1 Å². The summed E-state index contributed by atoms with van der Waals surface area (Å²) >= 11 is 9.60. The van der Waals surface area contributed by atoms with Crippen LogP contribution in [0.3, 0.4) is 0 Å². The highest BCUT2D eigenvalue weighted by Gasteiger charge is 2.06. The lowest BCUT2D eigenvalue weighted by Gasteiger charge is -2.23. The molecule has 0 saturated heterocycles. The summed E-state index contributed by atoms with van der Waals surface area (Å²) in [5, 5.41) is 4.25. The van der Waals surface area contributed by atoms with E-state index < -0.39 is 0 Å². The van der Waals surface area contributed by atoms with Crippen molar-refractivity contribution in [2.24, 2.45) is 0 Å². The molecule has 102 valence electrons. The molecule has 0 radical (unpaired) electrons. The first kappa shape index (κ1) is 16.0. The number of rotatable bonds is 7. The summed E-state index contributed by atoms with van der Waals surface area (Å²) in [5.74, 6) is 0. The molecule has 2 nitrogen and oxygen atoms in total. The van der Waals surface area contributed by atoms with Crippen LogP contribution in [0.1, 0.15) is 25.8 Å². The van der Waals surface area contributed by atoms with Crippen molar-refractivity contribution in [2.45, 2.75) is 32.9 Å². The summed E-state index contributed by atoms with van der Waals surface area (Å²) < 4.78 is 1.07. The molecule has 1 aromatic carbocycles. The van der Waals surface area contributed by atoms with Gasteiger partial charge in [0.2, 0.25) is 0 Å². The molecule has 0 aliphatic carbocycles. The second-order valence-electron chi connectivity index (χ2n) is 4.65. The molecule has 0 aromatic heterocycles. The average molecular weight is 334 g/mol. The van der Waals surface area contributed by atoms with Crippen molar-refractivity contribution in [3.05, 3.63) is 33.3 Å². The molecule has 0 aliphatic rings. The van der Waals surface area contributed by atoms with E-state index in [4.69, 9.17) is 11.6 Å². The molecule has 0 bridgehead atoms. The van der Waals surface area contributed by atoms with Crippen LogP contribution >= 0.6 is 27.5 Å². The van der Waals surface area contributed by atoms with Gasteiger partial charge >= 0.3 is 0 Å². The van der Waals surface area contributed by atoms with E-state index in [1.54, 1.807) is 0 Å². The van der Waals surface area contributed by atoms with E-state index in [-0.39, 0.29) is 0 Å². The van der Waals surface area contributed by atoms with Crippen LogP contribution in [0.4, 0.5) is 0 Å². The zero-order chi connectivity index (χ0) is 13.5. The first-order valence-electron chi connectivity index (χ1n) is 6.39.